The summed E-state index contributed by atoms with van der Waals surface area (Å²) in [4.78, 5) is 0. The predicted octanol–water partition coefficient (Wildman–Crippen LogP) is 0.675. The number of hydrogen-bond acceptors (Lipinski definition) is 3. The lowest BCUT2D eigenvalue weighted by Gasteiger charge is -2.27. The third-order valence-corrected chi connectivity index (χ3v) is 4.55. The summed E-state index contributed by atoms with van der Waals surface area (Å²) in [6, 6.07) is -0.00121. The van der Waals surface area contributed by atoms with Crippen LogP contribution in [0.15, 0.2) is 0 Å². The first-order valence-electron chi connectivity index (χ1n) is 4.89. The number of aliphatic hydroxyl groups is 1. The summed E-state index contributed by atoms with van der Waals surface area (Å²) in [5.41, 5.74) is 0. The van der Waals surface area contributed by atoms with E-state index in [2.05, 4.69) is 0 Å². The molecule has 0 aromatic carbocycles. The first-order chi connectivity index (χ1) is 6.33. The average Bonchev–Trinajstić information content (AvgIpc) is 2.12. The number of sulfonamides is 1. The molecule has 0 saturated carbocycles. The fourth-order valence-corrected chi connectivity index (χ4v) is 2.60. The number of nitrogens with zero attached hydrogens (tertiary/aromatic N) is 1. The molecule has 0 aromatic rings. The molecule has 0 radical (unpaired) electrons. The molecule has 4 nitrogen and oxygen atoms in total. The van der Waals surface area contributed by atoms with E-state index in [1.165, 1.54) is 4.31 Å². The molecular weight excluding hydrogens is 202 g/mol. The van der Waals surface area contributed by atoms with Crippen LogP contribution in [0, 0.1) is 5.92 Å². The van der Waals surface area contributed by atoms with Crippen LogP contribution >= 0.6 is 0 Å². The molecule has 1 atom stereocenters. The van der Waals surface area contributed by atoms with Crippen molar-refractivity contribution in [2.24, 2.45) is 5.92 Å². The molecule has 0 saturated heterocycles. The average molecular weight is 223 g/mol. The fourth-order valence-electron chi connectivity index (χ4n) is 1.06. The topological polar surface area (TPSA) is 57.6 Å². The highest BCUT2D eigenvalue weighted by molar-refractivity contribution is 7.89. The van der Waals surface area contributed by atoms with Crippen LogP contribution in [0.5, 0.6) is 0 Å². The van der Waals surface area contributed by atoms with Gasteiger partial charge in [0.25, 0.3) is 0 Å². The number of aliphatic hydroxyl groups excluding tert-OH is 1. The Bertz CT molecular complexity index is 249. The van der Waals surface area contributed by atoms with Gasteiger partial charge in [0.05, 0.1) is 5.75 Å². The van der Waals surface area contributed by atoms with Gasteiger partial charge >= 0.3 is 0 Å². The van der Waals surface area contributed by atoms with Crippen LogP contribution in [-0.2, 0) is 10.0 Å². The lowest BCUT2D eigenvalue weighted by Crippen LogP contribution is -2.39. The predicted molar refractivity (Wildman–Crippen MR) is 57.6 cm³/mol. The summed E-state index contributed by atoms with van der Waals surface area (Å²) >= 11 is 0. The quantitative estimate of drug-likeness (QED) is 0.720. The summed E-state index contributed by atoms with van der Waals surface area (Å²) in [7, 11) is -1.60. The van der Waals surface area contributed by atoms with Crippen molar-refractivity contribution in [2.75, 3.05) is 19.4 Å². The maximum atomic E-state index is 11.7. The zero-order valence-electron chi connectivity index (χ0n) is 9.40. The van der Waals surface area contributed by atoms with Crippen molar-refractivity contribution in [1.82, 2.24) is 4.31 Å². The molecule has 0 bridgehead atoms. The van der Waals surface area contributed by atoms with Crippen molar-refractivity contribution in [1.29, 1.82) is 0 Å². The Morgan fingerprint density at radius 3 is 2.14 bits per heavy atom. The van der Waals surface area contributed by atoms with Crippen LogP contribution in [0.2, 0.25) is 0 Å². The molecule has 0 heterocycles. The monoisotopic (exact) mass is 223 g/mol. The molecular formula is C9H21NO3S. The second kappa shape index (κ2) is 5.68. The van der Waals surface area contributed by atoms with Gasteiger partial charge in [0.15, 0.2) is 0 Å². The lowest BCUT2D eigenvalue weighted by atomic mass is 10.1. The third kappa shape index (κ3) is 3.94. The van der Waals surface area contributed by atoms with Gasteiger partial charge in [-0.2, -0.15) is 0 Å². The van der Waals surface area contributed by atoms with Crippen LogP contribution in [0.1, 0.15) is 27.2 Å². The largest absolute Gasteiger partial charge is 0.396 e. The minimum absolute atomic E-state index is 0.00121. The summed E-state index contributed by atoms with van der Waals surface area (Å²) in [5.74, 6) is 0.320. The first-order valence-corrected chi connectivity index (χ1v) is 6.50. The van der Waals surface area contributed by atoms with Crippen LogP contribution < -0.4 is 0 Å². The van der Waals surface area contributed by atoms with Gasteiger partial charge < -0.3 is 5.11 Å². The van der Waals surface area contributed by atoms with E-state index in [0.29, 0.717) is 12.3 Å². The van der Waals surface area contributed by atoms with E-state index in [-0.39, 0.29) is 18.4 Å². The molecule has 0 rings (SSSR count). The van der Waals surface area contributed by atoms with Crippen LogP contribution in [0.25, 0.3) is 0 Å². The zero-order chi connectivity index (χ0) is 11.4. The van der Waals surface area contributed by atoms with E-state index >= 15 is 0 Å². The van der Waals surface area contributed by atoms with Gasteiger partial charge in [-0.05, 0) is 19.3 Å². The molecule has 0 aromatic heterocycles. The van der Waals surface area contributed by atoms with E-state index < -0.39 is 10.0 Å². The molecule has 0 aliphatic rings. The highest BCUT2D eigenvalue weighted by atomic mass is 32.2. The minimum Gasteiger partial charge on any atom is -0.396 e. The molecule has 1 N–H and O–H groups in total. The molecule has 0 spiro atoms. The van der Waals surface area contributed by atoms with Gasteiger partial charge in [-0.3, -0.25) is 0 Å². The van der Waals surface area contributed by atoms with Gasteiger partial charge in [0.1, 0.15) is 0 Å². The molecule has 0 aliphatic heterocycles. The van der Waals surface area contributed by atoms with Crippen molar-refractivity contribution in [2.45, 2.75) is 33.2 Å². The second-order valence-electron chi connectivity index (χ2n) is 3.89. The van der Waals surface area contributed by atoms with Gasteiger partial charge in [-0.25, -0.2) is 12.7 Å². The van der Waals surface area contributed by atoms with Crippen molar-refractivity contribution in [3.8, 4) is 0 Å². The minimum atomic E-state index is -3.19. The molecule has 86 valence electrons. The Kier molecular flexibility index (Phi) is 5.63. The Morgan fingerprint density at radius 2 is 1.79 bits per heavy atom. The summed E-state index contributed by atoms with van der Waals surface area (Å²) in [6.45, 7) is 5.79. The normalized spacial score (nSPS) is 15.1. The van der Waals surface area contributed by atoms with Crippen molar-refractivity contribution in [3.63, 3.8) is 0 Å². The van der Waals surface area contributed by atoms with Gasteiger partial charge in [-0.1, -0.05) is 13.8 Å². The van der Waals surface area contributed by atoms with Crippen molar-refractivity contribution >= 4 is 10.0 Å². The van der Waals surface area contributed by atoms with E-state index in [4.69, 9.17) is 5.11 Å². The first kappa shape index (κ1) is 13.9. The standard InChI is InChI=1S/C9H21NO3S/c1-8(2)9(3)10(4)14(12,13)7-5-6-11/h8-9,11H,5-7H2,1-4H3. The molecule has 0 amide bonds. The maximum absolute atomic E-state index is 11.7. The molecule has 14 heavy (non-hydrogen) atoms. The highest BCUT2D eigenvalue weighted by Gasteiger charge is 2.24. The second-order valence-corrected chi connectivity index (χ2v) is 6.04. The van der Waals surface area contributed by atoms with Crippen molar-refractivity contribution in [3.05, 3.63) is 0 Å². The lowest BCUT2D eigenvalue weighted by molar-refractivity contribution is 0.289. The van der Waals surface area contributed by atoms with Crippen LogP contribution in [0.3, 0.4) is 0 Å². The van der Waals surface area contributed by atoms with Crippen LogP contribution in [-0.4, -0.2) is 43.3 Å². The SMILES string of the molecule is CC(C)C(C)N(C)S(=O)(=O)CCCO. The van der Waals surface area contributed by atoms with E-state index in [1.54, 1.807) is 7.05 Å². The fraction of sp³-hybridized carbons (Fsp3) is 1.00. The van der Waals surface area contributed by atoms with Gasteiger partial charge in [0.2, 0.25) is 10.0 Å². The third-order valence-electron chi connectivity index (χ3n) is 2.54. The van der Waals surface area contributed by atoms with Gasteiger partial charge in [-0.15, -0.1) is 0 Å². The maximum Gasteiger partial charge on any atom is 0.214 e. The highest BCUT2D eigenvalue weighted by Crippen LogP contribution is 2.13. The van der Waals surface area contributed by atoms with Gasteiger partial charge in [0, 0.05) is 19.7 Å². The Morgan fingerprint density at radius 1 is 1.29 bits per heavy atom. The Balaban J connectivity index is 4.42. The molecule has 0 aliphatic carbocycles. The summed E-state index contributed by atoms with van der Waals surface area (Å²) in [6.07, 6.45) is 0.303. The number of rotatable bonds is 6. The van der Waals surface area contributed by atoms with E-state index in [9.17, 15) is 8.42 Å². The smallest absolute Gasteiger partial charge is 0.214 e. The Hall–Kier alpha value is -0.130. The summed E-state index contributed by atoms with van der Waals surface area (Å²) in [5, 5.41) is 8.58. The van der Waals surface area contributed by atoms with E-state index in [0.717, 1.165) is 0 Å². The molecule has 5 heteroatoms. The zero-order valence-corrected chi connectivity index (χ0v) is 10.2. The molecule has 1 unspecified atom stereocenters. The van der Waals surface area contributed by atoms with Crippen LogP contribution in [0.4, 0.5) is 0 Å². The van der Waals surface area contributed by atoms with E-state index in [1.807, 2.05) is 20.8 Å². The van der Waals surface area contributed by atoms with Crippen molar-refractivity contribution < 1.29 is 13.5 Å². The molecule has 0 fully saturated rings. The summed E-state index contributed by atoms with van der Waals surface area (Å²) < 4.78 is 24.7. The number of hydrogen-bond donors (Lipinski definition) is 1. The Labute approximate surface area is 87.0 Å².